The van der Waals surface area contributed by atoms with Crippen LogP contribution in [-0.4, -0.2) is 76.5 Å². The number of piperidine rings is 1. The fraction of sp³-hybridized carbons (Fsp3) is 0.655. The minimum absolute atomic E-state index is 0.0611. The Morgan fingerprint density at radius 1 is 1.02 bits per heavy atom. The fourth-order valence-electron chi connectivity index (χ4n) is 4.50. The van der Waals surface area contributed by atoms with Crippen LogP contribution < -0.4 is 14.8 Å². The van der Waals surface area contributed by atoms with Crippen molar-refractivity contribution in [1.29, 1.82) is 0 Å². The van der Waals surface area contributed by atoms with Gasteiger partial charge in [-0.05, 0) is 82.9 Å². The molecule has 224 valence electrons. The van der Waals surface area contributed by atoms with Gasteiger partial charge in [-0.2, -0.15) is 0 Å². The topological polar surface area (TPSA) is 152 Å². The minimum Gasteiger partial charge on any atom is -0.479 e. The molecular formula is C29H44N2O9. The molecule has 1 saturated heterocycles. The molecule has 0 unspecified atom stereocenters. The van der Waals surface area contributed by atoms with Gasteiger partial charge < -0.3 is 34.6 Å². The van der Waals surface area contributed by atoms with Crippen molar-refractivity contribution in [2.24, 2.45) is 5.92 Å². The SMILES string of the molecule is CCC(CC)(Oc1ccc(CCNC(=O)CCC2CCN(C(=O)OC(C)(C)C)CC2)cc1OCC(=O)O)C(=O)O. The lowest BCUT2D eigenvalue weighted by molar-refractivity contribution is -0.156. The molecule has 0 aliphatic carbocycles. The first-order chi connectivity index (χ1) is 18.8. The van der Waals surface area contributed by atoms with Crippen LogP contribution in [0, 0.1) is 5.92 Å². The zero-order valence-electron chi connectivity index (χ0n) is 24.3. The number of ether oxygens (including phenoxy) is 3. The van der Waals surface area contributed by atoms with E-state index in [-0.39, 0.29) is 36.3 Å². The maximum atomic E-state index is 12.4. The van der Waals surface area contributed by atoms with Crippen LogP contribution in [0.15, 0.2) is 18.2 Å². The molecule has 11 nitrogen and oxygen atoms in total. The van der Waals surface area contributed by atoms with Crippen LogP contribution >= 0.6 is 0 Å². The molecule has 0 aromatic heterocycles. The average molecular weight is 565 g/mol. The van der Waals surface area contributed by atoms with E-state index >= 15 is 0 Å². The summed E-state index contributed by atoms with van der Waals surface area (Å²) in [4.78, 5) is 49.3. The van der Waals surface area contributed by atoms with Crippen LogP contribution in [0.25, 0.3) is 0 Å². The number of benzene rings is 1. The Labute approximate surface area is 236 Å². The van der Waals surface area contributed by atoms with E-state index in [2.05, 4.69) is 5.32 Å². The molecule has 0 saturated carbocycles. The van der Waals surface area contributed by atoms with Crippen molar-refractivity contribution in [3.63, 3.8) is 0 Å². The summed E-state index contributed by atoms with van der Waals surface area (Å²) in [5.41, 5.74) is -1.20. The highest BCUT2D eigenvalue weighted by Crippen LogP contribution is 2.34. The number of carboxylic acids is 2. The average Bonchev–Trinajstić information content (AvgIpc) is 2.89. The van der Waals surface area contributed by atoms with E-state index in [0.717, 1.165) is 24.8 Å². The van der Waals surface area contributed by atoms with Gasteiger partial charge in [0.25, 0.3) is 0 Å². The molecular weight excluding hydrogens is 520 g/mol. The van der Waals surface area contributed by atoms with Crippen LogP contribution in [0.2, 0.25) is 0 Å². The van der Waals surface area contributed by atoms with E-state index in [1.54, 1.807) is 36.9 Å². The third kappa shape index (κ3) is 10.2. The Morgan fingerprint density at radius 2 is 1.68 bits per heavy atom. The van der Waals surface area contributed by atoms with Crippen molar-refractivity contribution >= 4 is 23.9 Å². The summed E-state index contributed by atoms with van der Waals surface area (Å²) in [6, 6.07) is 4.92. The number of nitrogens with one attached hydrogen (secondary N) is 1. The lowest BCUT2D eigenvalue weighted by atomic mass is 9.92. The zero-order valence-corrected chi connectivity index (χ0v) is 24.3. The molecule has 40 heavy (non-hydrogen) atoms. The monoisotopic (exact) mass is 564 g/mol. The standard InChI is InChI=1S/C29H44N2O9/c1-6-29(7-2,26(35)36)39-22-10-8-21(18-23(22)38-19-25(33)34)12-15-30-24(32)11-9-20-13-16-31(17-14-20)27(37)40-28(3,4)5/h8,10,18,20H,6-7,9,11-17,19H2,1-5H3,(H,30,32)(H,33,34)(H,35,36). The van der Waals surface area contributed by atoms with Gasteiger partial charge in [-0.3, -0.25) is 4.79 Å². The van der Waals surface area contributed by atoms with Crippen LogP contribution in [0.3, 0.4) is 0 Å². The predicted molar refractivity (Wildman–Crippen MR) is 148 cm³/mol. The molecule has 1 aliphatic heterocycles. The van der Waals surface area contributed by atoms with E-state index in [0.29, 0.717) is 38.4 Å². The maximum absolute atomic E-state index is 12.4. The number of amides is 2. The van der Waals surface area contributed by atoms with Gasteiger partial charge in [0.05, 0.1) is 0 Å². The Hall–Kier alpha value is -3.50. The maximum Gasteiger partial charge on any atom is 0.410 e. The van der Waals surface area contributed by atoms with Crippen LogP contribution in [-0.2, 0) is 25.5 Å². The van der Waals surface area contributed by atoms with Gasteiger partial charge in [0.1, 0.15) is 5.60 Å². The number of nitrogens with zero attached hydrogens (tertiary/aromatic N) is 1. The Bertz CT molecular complexity index is 1020. The molecule has 3 N–H and O–H groups in total. The molecule has 11 heteroatoms. The third-order valence-corrected chi connectivity index (χ3v) is 6.98. The van der Waals surface area contributed by atoms with Crippen molar-refractivity contribution < 1.29 is 43.6 Å². The minimum atomic E-state index is -1.46. The third-order valence-electron chi connectivity index (χ3n) is 6.98. The molecule has 0 bridgehead atoms. The van der Waals surface area contributed by atoms with Gasteiger partial charge >= 0.3 is 18.0 Å². The summed E-state index contributed by atoms with van der Waals surface area (Å²) in [5.74, 6) is -1.69. The number of aliphatic carboxylic acids is 2. The number of carboxylic acid groups (broad SMARTS) is 2. The normalized spacial score (nSPS) is 14.4. The summed E-state index contributed by atoms with van der Waals surface area (Å²) >= 11 is 0. The first kappa shape index (κ1) is 32.7. The first-order valence-electron chi connectivity index (χ1n) is 13.9. The molecule has 1 fully saturated rings. The second-order valence-corrected chi connectivity index (χ2v) is 11.1. The van der Waals surface area contributed by atoms with Crippen LogP contribution in [0.5, 0.6) is 11.5 Å². The second-order valence-electron chi connectivity index (χ2n) is 11.1. The van der Waals surface area contributed by atoms with Gasteiger partial charge in [0, 0.05) is 26.1 Å². The fourth-order valence-corrected chi connectivity index (χ4v) is 4.50. The number of likely N-dealkylation sites (tertiary alicyclic amines) is 1. The number of rotatable bonds is 14. The Morgan fingerprint density at radius 3 is 2.23 bits per heavy atom. The van der Waals surface area contributed by atoms with Crippen LogP contribution in [0.4, 0.5) is 4.79 Å². The van der Waals surface area contributed by atoms with E-state index in [1.165, 1.54) is 0 Å². The lowest BCUT2D eigenvalue weighted by Gasteiger charge is -2.33. The molecule has 1 aromatic carbocycles. The summed E-state index contributed by atoms with van der Waals surface area (Å²) < 4.78 is 16.7. The van der Waals surface area contributed by atoms with E-state index < -0.39 is 29.7 Å². The molecule has 1 heterocycles. The summed E-state index contributed by atoms with van der Waals surface area (Å²) in [5, 5.41) is 21.6. The highest BCUT2D eigenvalue weighted by Gasteiger charge is 2.38. The van der Waals surface area contributed by atoms with Gasteiger partial charge in [-0.1, -0.05) is 19.9 Å². The van der Waals surface area contributed by atoms with Crippen molar-refractivity contribution in [3.05, 3.63) is 23.8 Å². The van der Waals surface area contributed by atoms with Crippen molar-refractivity contribution in [2.75, 3.05) is 26.2 Å². The van der Waals surface area contributed by atoms with Crippen molar-refractivity contribution in [3.8, 4) is 11.5 Å². The number of hydrogen-bond donors (Lipinski definition) is 3. The second kappa shape index (κ2) is 14.8. The van der Waals surface area contributed by atoms with Gasteiger partial charge in [-0.25, -0.2) is 14.4 Å². The van der Waals surface area contributed by atoms with Crippen LogP contribution in [0.1, 0.15) is 78.7 Å². The van der Waals surface area contributed by atoms with Gasteiger partial charge in [-0.15, -0.1) is 0 Å². The molecule has 0 radical (unpaired) electrons. The number of carbonyl (C=O) groups is 4. The van der Waals surface area contributed by atoms with E-state index in [1.807, 2.05) is 20.8 Å². The predicted octanol–water partition coefficient (Wildman–Crippen LogP) is 4.26. The molecule has 2 rings (SSSR count). The molecule has 1 aromatic rings. The lowest BCUT2D eigenvalue weighted by Crippen LogP contribution is -2.43. The number of carbonyl (C=O) groups excluding carboxylic acids is 2. The highest BCUT2D eigenvalue weighted by atomic mass is 16.6. The molecule has 0 atom stereocenters. The zero-order chi connectivity index (χ0) is 29.9. The number of hydrogen-bond acceptors (Lipinski definition) is 7. The van der Waals surface area contributed by atoms with Crippen molar-refractivity contribution in [2.45, 2.75) is 90.8 Å². The van der Waals surface area contributed by atoms with E-state index in [9.17, 15) is 24.3 Å². The van der Waals surface area contributed by atoms with Gasteiger partial charge in [0.2, 0.25) is 11.5 Å². The molecule has 2 amide bonds. The smallest absolute Gasteiger partial charge is 0.410 e. The largest absolute Gasteiger partial charge is 0.479 e. The summed E-state index contributed by atoms with van der Waals surface area (Å²) in [7, 11) is 0. The van der Waals surface area contributed by atoms with Crippen molar-refractivity contribution in [1.82, 2.24) is 10.2 Å². The molecule has 0 spiro atoms. The quantitative estimate of drug-likeness (QED) is 0.301. The molecule has 1 aliphatic rings. The Balaban J connectivity index is 1.86. The van der Waals surface area contributed by atoms with Gasteiger partial charge in [0.15, 0.2) is 18.1 Å². The summed E-state index contributed by atoms with van der Waals surface area (Å²) in [6.07, 6.45) is 3.40. The first-order valence-corrected chi connectivity index (χ1v) is 13.9. The Kier molecular flexibility index (Phi) is 12.1. The highest BCUT2D eigenvalue weighted by molar-refractivity contribution is 5.78. The summed E-state index contributed by atoms with van der Waals surface area (Å²) in [6.45, 7) is 9.96. The van der Waals surface area contributed by atoms with E-state index in [4.69, 9.17) is 19.3 Å².